The number of aryl methyl sites for hydroxylation is 1. The second-order valence-corrected chi connectivity index (χ2v) is 9.92. The average Bonchev–Trinajstić information content (AvgIpc) is 3.30. The van der Waals surface area contributed by atoms with Gasteiger partial charge in [-0.25, -0.2) is 4.68 Å². The fourth-order valence-electron chi connectivity index (χ4n) is 5.39. The molecule has 2 fully saturated rings. The van der Waals surface area contributed by atoms with Gasteiger partial charge in [0.05, 0.1) is 41.9 Å². The predicted molar refractivity (Wildman–Crippen MR) is 140 cm³/mol. The zero-order valence-electron chi connectivity index (χ0n) is 21.6. The van der Waals surface area contributed by atoms with Crippen LogP contribution >= 0.6 is 0 Å². The van der Waals surface area contributed by atoms with Crippen LogP contribution in [0.2, 0.25) is 0 Å². The van der Waals surface area contributed by atoms with E-state index in [1.807, 2.05) is 19.1 Å². The fraction of sp³-hybridized carbons (Fsp3) is 0.429. The summed E-state index contributed by atoms with van der Waals surface area (Å²) in [5, 5.41) is 7.17. The number of amides is 1. The van der Waals surface area contributed by atoms with Crippen LogP contribution < -0.4 is 10.2 Å². The van der Waals surface area contributed by atoms with Crippen molar-refractivity contribution in [2.45, 2.75) is 38.9 Å². The van der Waals surface area contributed by atoms with Gasteiger partial charge in [-0.1, -0.05) is 0 Å². The number of hydrogen-bond donors (Lipinski definition) is 1. The highest BCUT2D eigenvalue weighted by Crippen LogP contribution is 2.30. The molecule has 1 N–H and O–H groups in total. The summed E-state index contributed by atoms with van der Waals surface area (Å²) >= 11 is 0. The van der Waals surface area contributed by atoms with Crippen LogP contribution in [0.1, 0.15) is 40.0 Å². The molecule has 1 aromatic heterocycles. The van der Waals surface area contributed by atoms with Crippen molar-refractivity contribution in [1.29, 1.82) is 0 Å². The largest absolute Gasteiger partial charge is 0.416 e. The van der Waals surface area contributed by atoms with Gasteiger partial charge in [0.1, 0.15) is 0 Å². The number of morpholine rings is 1. The molecular weight excluding hydrogens is 495 g/mol. The number of benzene rings is 2. The molecule has 0 bridgehead atoms. The van der Waals surface area contributed by atoms with Crippen molar-refractivity contribution in [3.05, 3.63) is 71.0 Å². The third kappa shape index (κ3) is 5.56. The molecule has 3 aromatic rings. The van der Waals surface area contributed by atoms with Gasteiger partial charge in [-0.2, -0.15) is 18.3 Å². The quantitative estimate of drug-likeness (QED) is 0.503. The normalized spacial score (nSPS) is 17.6. The Bertz CT molecular complexity index is 1270. The smallest absolute Gasteiger partial charge is 0.379 e. The second kappa shape index (κ2) is 10.8. The molecule has 3 heterocycles. The number of nitrogens with zero attached hydrogens (tertiary/aromatic N) is 4. The lowest BCUT2D eigenvalue weighted by molar-refractivity contribution is -0.137. The van der Waals surface area contributed by atoms with Crippen LogP contribution in [0.3, 0.4) is 0 Å². The highest BCUT2D eigenvalue weighted by Gasteiger charge is 2.30. The Kier molecular flexibility index (Phi) is 7.45. The van der Waals surface area contributed by atoms with Crippen LogP contribution in [0.5, 0.6) is 0 Å². The van der Waals surface area contributed by atoms with Gasteiger partial charge < -0.3 is 15.0 Å². The Morgan fingerprint density at radius 2 is 1.68 bits per heavy atom. The maximum Gasteiger partial charge on any atom is 0.416 e. The van der Waals surface area contributed by atoms with Crippen molar-refractivity contribution >= 4 is 17.3 Å². The molecular formula is C28H32F3N5O2. The molecule has 0 atom stereocenters. The standard InChI is InChI=1S/C28H32F3N5O2/c1-19-17-22(5-8-26(19)35-11-9-23(10-12-35)34-13-15-38-16-14-34)33-27(37)25-18-32-36(20(25)2)24-6-3-21(4-7-24)28(29,30)31/h3-8,17-18,23H,9-16H2,1-2H3,(H,33,37). The number of halogens is 3. The lowest BCUT2D eigenvalue weighted by atomic mass is 10.0. The number of anilines is 2. The summed E-state index contributed by atoms with van der Waals surface area (Å²) < 4.78 is 45.6. The minimum atomic E-state index is -4.41. The molecule has 0 aliphatic carbocycles. The van der Waals surface area contributed by atoms with E-state index in [0.717, 1.165) is 69.9 Å². The topological polar surface area (TPSA) is 62.6 Å². The van der Waals surface area contributed by atoms with E-state index in [0.29, 0.717) is 28.7 Å². The molecule has 2 aromatic carbocycles. The first-order valence-corrected chi connectivity index (χ1v) is 12.9. The van der Waals surface area contributed by atoms with Gasteiger partial charge in [-0.3, -0.25) is 9.69 Å². The Balaban J connectivity index is 1.22. The van der Waals surface area contributed by atoms with Gasteiger partial charge in [-0.15, -0.1) is 0 Å². The molecule has 2 aliphatic rings. The van der Waals surface area contributed by atoms with Gasteiger partial charge in [0.15, 0.2) is 0 Å². The van der Waals surface area contributed by atoms with Gasteiger partial charge in [-0.05, 0) is 74.7 Å². The van der Waals surface area contributed by atoms with E-state index in [-0.39, 0.29) is 5.91 Å². The second-order valence-electron chi connectivity index (χ2n) is 9.92. The summed E-state index contributed by atoms with van der Waals surface area (Å²) in [6.45, 7) is 9.43. The van der Waals surface area contributed by atoms with Crippen molar-refractivity contribution in [2.75, 3.05) is 49.6 Å². The molecule has 10 heteroatoms. The molecule has 7 nitrogen and oxygen atoms in total. The van der Waals surface area contributed by atoms with E-state index in [1.54, 1.807) is 6.92 Å². The zero-order valence-corrected chi connectivity index (χ0v) is 21.6. The molecule has 0 unspecified atom stereocenters. The van der Waals surface area contributed by atoms with Gasteiger partial charge in [0, 0.05) is 43.6 Å². The van der Waals surface area contributed by atoms with Gasteiger partial charge >= 0.3 is 6.18 Å². The van der Waals surface area contributed by atoms with Crippen molar-refractivity contribution in [1.82, 2.24) is 14.7 Å². The number of alkyl halides is 3. The maximum absolute atomic E-state index is 13.0. The number of aromatic nitrogens is 2. The van der Waals surface area contributed by atoms with Gasteiger partial charge in [0.25, 0.3) is 5.91 Å². The summed E-state index contributed by atoms with van der Waals surface area (Å²) in [4.78, 5) is 18.0. The first-order chi connectivity index (χ1) is 18.2. The third-order valence-electron chi connectivity index (χ3n) is 7.52. The Morgan fingerprint density at radius 3 is 2.32 bits per heavy atom. The highest BCUT2D eigenvalue weighted by molar-refractivity contribution is 6.05. The number of ether oxygens (including phenoxy) is 1. The van der Waals surface area contributed by atoms with E-state index in [2.05, 4.69) is 26.3 Å². The third-order valence-corrected chi connectivity index (χ3v) is 7.52. The number of nitrogens with one attached hydrogen (secondary N) is 1. The lowest BCUT2D eigenvalue weighted by Gasteiger charge is -2.41. The molecule has 0 radical (unpaired) electrons. The number of piperidine rings is 1. The number of carbonyl (C=O) groups is 1. The summed E-state index contributed by atoms with van der Waals surface area (Å²) in [6, 6.07) is 11.2. The molecule has 0 saturated carbocycles. The van der Waals surface area contributed by atoms with Crippen molar-refractivity contribution in [2.24, 2.45) is 0 Å². The zero-order chi connectivity index (χ0) is 26.9. The molecule has 2 saturated heterocycles. The average molecular weight is 528 g/mol. The molecule has 0 spiro atoms. The Labute approximate surface area is 220 Å². The highest BCUT2D eigenvalue weighted by atomic mass is 19.4. The number of hydrogen-bond acceptors (Lipinski definition) is 5. The minimum absolute atomic E-state index is 0.320. The first kappa shape index (κ1) is 26.2. The summed E-state index contributed by atoms with van der Waals surface area (Å²) in [6.07, 6.45) is -0.724. The number of rotatable bonds is 5. The molecule has 5 rings (SSSR count). The fourth-order valence-corrected chi connectivity index (χ4v) is 5.39. The van der Waals surface area contributed by atoms with Gasteiger partial charge in [0.2, 0.25) is 0 Å². The summed E-state index contributed by atoms with van der Waals surface area (Å²) in [7, 11) is 0. The molecule has 2 aliphatic heterocycles. The van der Waals surface area contributed by atoms with E-state index < -0.39 is 11.7 Å². The van der Waals surface area contributed by atoms with Crippen molar-refractivity contribution < 1.29 is 22.7 Å². The SMILES string of the molecule is Cc1cc(NC(=O)c2cnn(-c3ccc(C(F)(F)F)cc3)c2C)ccc1N1CCC(N2CCOCC2)CC1. The number of carbonyl (C=O) groups excluding carboxylic acids is 1. The Morgan fingerprint density at radius 1 is 1.00 bits per heavy atom. The van der Waals surface area contributed by atoms with E-state index >= 15 is 0 Å². The molecule has 202 valence electrons. The van der Waals surface area contributed by atoms with Crippen molar-refractivity contribution in [3.63, 3.8) is 0 Å². The van der Waals surface area contributed by atoms with E-state index in [9.17, 15) is 18.0 Å². The van der Waals surface area contributed by atoms with Crippen LogP contribution in [0, 0.1) is 13.8 Å². The van der Waals surface area contributed by atoms with E-state index in [1.165, 1.54) is 28.7 Å². The van der Waals surface area contributed by atoms with Crippen LogP contribution in [-0.4, -0.2) is 66.0 Å². The maximum atomic E-state index is 13.0. The molecule has 38 heavy (non-hydrogen) atoms. The predicted octanol–water partition coefficient (Wildman–Crippen LogP) is 5.06. The van der Waals surface area contributed by atoms with Crippen LogP contribution in [0.4, 0.5) is 24.5 Å². The minimum Gasteiger partial charge on any atom is -0.379 e. The van der Waals surface area contributed by atoms with Crippen LogP contribution in [0.15, 0.2) is 48.7 Å². The summed E-state index contributed by atoms with van der Waals surface area (Å²) in [5.41, 5.74) is 3.56. The summed E-state index contributed by atoms with van der Waals surface area (Å²) in [5.74, 6) is -0.320. The molecule has 1 amide bonds. The van der Waals surface area contributed by atoms with Crippen LogP contribution in [-0.2, 0) is 10.9 Å². The Hall–Kier alpha value is -3.37. The van der Waals surface area contributed by atoms with Crippen LogP contribution in [0.25, 0.3) is 5.69 Å². The van der Waals surface area contributed by atoms with Crippen molar-refractivity contribution in [3.8, 4) is 5.69 Å². The first-order valence-electron chi connectivity index (χ1n) is 12.9. The lowest BCUT2D eigenvalue weighted by Crippen LogP contribution is -2.49. The monoisotopic (exact) mass is 527 g/mol. The van der Waals surface area contributed by atoms with E-state index in [4.69, 9.17) is 4.74 Å².